The first-order chi connectivity index (χ1) is 9.49. The van der Waals surface area contributed by atoms with Crippen LogP contribution in [0.5, 0.6) is 0 Å². The predicted molar refractivity (Wildman–Crippen MR) is 80.3 cm³/mol. The summed E-state index contributed by atoms with van der Waals surface area (Å²) in [5.41, 5.74) is 5.32. The van der Waals surface area contributed by atoms with E-state index in [0.29, 0.717) is 6.54 Å². The molecule has 0 saturated heterocycles. The average molecular weight is 269 g/mol. The Balaban J connectivity index is 2.11. The zero-order valence-electron chi connectivity index (χ0n) is 12.1. The second-order valence-electron chi connectivity index (χ2n) is 5.22. The normalized spacial score (nSPS) is 13.8. The van der Waals surface area contributed by atoms with Crippen LogP contribution in [0.25, 0.3) is 5.57 Å². The lowest BCUT2D eigenvalue weighted by molar-refractivity contribution is -0.115. The fourth-order valence-electron chi connectivity index (χ4n) is 2.50. The summed E-state index contributed by atoms with van der Waals surface area (Å²) in [7, 11) is 0. The summed E-state index contributed by atoms with van der Waals surface area (Å²) in [6, 6.07) is 6.18. The Morgan fingerprint density at radius 1 is 1.30 bits per heavy atom. The van der Waals surface area contributed by atoms with Gasteiger partial charge < -0.3 is 5.32 Å². The largest absolute Gasteiger partial charge is 0.349 e. The zero-order chi connectivity index (χ0) is 14.7. The fraction of sp³-hybridized carbons (Fsp3) is 0.294. The van der Waals surface area contributed by atoms with Crippen LogP contribution in [-0.4, -0.2) is 18.2 Å². The Bertz CT molecular complexity index is 624. The van der Waals surface area contributed by atoms with Crippen molar-refractivity contribution in [3.8, 4) is 0 Å². The van der Waals surface area contributed by atoms with Crippen LogP contribution in [0, 0.1) is 6.92 Å². The third-order valence-corrected chi connectivity index (χ3v) is 3.37. The standard InChI is InChI=1S/C17H19NO2/c1-11-6-7-15-14(9-11)10-12(2)16(15)17(20)18-8-4-5-13(3)19/h4-7,9H,8,10H2,1-3H3,(H,18,20)/b5-4+. The van der Waals surface area contributed by atoms with Gasteiger partial charge in [0.2, 0.25) is 0 Å². The number of rotatable bonds is 4. The molecule has 1 aliphatic rings. The molecule has 1 aromatic rings. The van der Waals surface area contributed by atoms with E-state index < -0.39 is 0 Å². The van der Waals surface area contributed by atoms with Gasteiger partial charge in [-0.05, 0) is 44.4 Å². The van der Waals surface area contributed by atoms with Crippen LogP contribution < -0.4 is 5.32 Å². The second kappa shape index (κ2) is 5.87. The van der Waals surface area contributed by atoms with Crippen LogP contribution in [0.1, 0.15) is 30.5 Å². The van der Waals surface area contributed by atoms with Crippen LogP contribution in [0.3, 0.4) is 0 Å². The van der Waals surface area contributed by atoms with E-state index >= 15 is 0 Å². The summed E-state index contributed by atoms with van der Waals surface area (Å²) in [5, 5.41) is 2.83. The number of aryl methyl sites for hydroxylation is 1. The van der Waals surface area contributed by atoms with Crippen LogP contribution in [0.4, 0.5) is 0 Å². The van der Waals surface area contributed by atoms with Crippen molar-refractivity contribution >= 4 is 17.3 Å². The van der Waals surface area contributed by atoms with E-state index in [-0.39, 0.29) is 11.7 Å². The molecule has 104 valence electrons. The first-order valence-electron chi connectivity index (χ1n) is 6.74. The van der Waals surface area contributed by atoms with Gasteiger partial charge in [-0.1, -0.05) is 35.4 Å². The van der Waals surface area contributed by atoms with Crippen LogP contribution in [0.15, 0.2) is 35.9 Å². The summed E-state index contributed by atoms with van der Waals surface area (Å²) in [5.74, 6) is -0.0883. The minimum Gasteiger partial charge on any atom is -0.349 e. The highest BCUT2D eigenvalue weighted by molar-refractivity contribution is 6.22. The van der Waals surface area contributed by atoms with Crippen molar-refractivity contribution in [2.45, 2.75) is 27.2 Å². The minimum atomic E-state index is -0.0710. The van der Waals surface area contributed by atoms with E-state index in [1.165, 1.54) is 24.1 Å². The maximum atomic E-state index is 12.3. The molecule has 2 rings (SSSR count). The number of carbonyl (C=O) groups is 2. The molecular weight excluding hydrogens is 250 g/mol. The molecule has 0 saturated carbocycles. The summed E-state index contributed by atoms with van der Waals surface area (Å²) in [6.45, 7) is 5.91. The van der Waals surface area contributed by atoms with Gasteiger partial charge in [0, 0.05) is 12.1 Å². The van der Waals surface area contributed by atoms with Gasteiger partial charge in [0.25, 0.3) is 5.91 Å². The number of nitrogens with one attached hydrogen (secondary N) is 1. The molecule has 0 fully saturated rings. The Morgan fingerprint density at radius 3 is 2.75 bits per heavy atom. The number of hydrogen-bond donors (Lipinski definition) is 1. The molecular formula is C17H19NO2. The molecule has 1 aliphatic carbocycles. The van der Waals surface area contributed by atoms with E-state index in [2.05, 4.69) is 18.3 Å². The Labute approximate surface area is 119 Å². The smallest absolute Gasteiger partial charge is 0.252 e. The summed E-state index contributed by atoms with van der Waals surface area (Å²) < 4.78 is 0. The number of carbonyl (C=O) groups excluding carboxylic acids is 2. The maximum Gasteiger partial charge on any atom is 0.252 e. The van der Waals surface area contributed by atoms with Gasteiger partial charge in [-0.3, -0.25) is 9.59 Å². The van der Waals surface area contributed by atoms with E-state index in [1.54, 1.807) is 6.08 Å². The van der Waals surface area contributed by atoms with Crippen molar-refractivity contribution in [1.82, 2.24) is 5.32 Å². The summed E-state index contributed by atoms with van der Waals surface area (Å²) >= 11 is 0. The number of allylic oxidation sites excluding steroid dienone is 2. The number of hydrogen-bond acceptors (Lipinski definition) is 2. The topological polar surface area (TPSA) is 46.2 Å². The SMILES string of the molecule is CC(=O)/C=C/CNC(=O)C1=C(C)Cc2cc(C)ccc21. The predicted octanol–water partition coefficient (Wildman–Crippen LogP) is 2.59. The highest BCUT2D eigenvalue weighted by Gasteiger charge is 2.23. The molecule has 0 atom stereocenters. The van der Waals surface area contributed by atoms with Gasteiger partial charge in [-0.15, -0.1) is 0 Å². The molecule has 0 radical (unpaired) electrons. The molecule has 1 aromatic carbocycles. The van der Waals surface area contributed by atoms with Crippen molar-refractivity contribution in [1.29, 1.82) is 0 Å². The highest BCUT2D eigenvalue weighted by atomic mass is 16.1. The molecule has 1 amide bonds. The molecule has 0 spiro atoms. The van der Waals surface area contributed by atoms with Crippen LogP contribution >= 0.6 is 0 Å². The van der Waals surface area contributed by atoms with Gasteiger partial charge in [-0.25, -0.2) is 0 Å². The van der Waals surface area contributed by atoms with Gasteiger partial charge in [0.05, 0.1) is 0 Å². The third kappa shape index (κ3) is 3.05. The summed E-state index contributed by atoms with van der Waals surface area (Å²) in [4.78, 5) is 23.0. The van der Waals surface area contributed by atoms with Crippen LogP contribution in [0.2, 0.25) is 0 Å². The molecule has 1 N–H and O–H groups in total. The molecule has 0 aromatic heterocycles. The second-order valence-corrected chi connectivity index (χ2v) is 5.22. The number of fused-ring (bicyclic) bond motifs is 1. The maximum absolute atomic E-state index is 12.3. The molecule has 20 heavy (non-hydrogen) atoms. The van der Waals surface area contributed by atoms with E-state index in [1.807, 2.05) is 19.1 Å². The van der Waals surface area contributed by atoms with Crippen LogP contribution in [-0.2, 0) is 16.0 Å². The fourth-order valence-corrected chi connectivity index (χ4v) is 2.50. The van der Waals surface area contributed by atoms with Crippen molar-refractivity contribution in [2.24, 2.45) is 0 Å². The minimum absolute atomic E-state index is 0.0173. The number of benzene rings is 1. The molecule has 0 heterocycles. The summed E-state index contributed by atoms with van der Waals surface area (Å²) in [6.07, 6.45) is 3.97. The highest BCUT2D eigenvalue weighted by Crippen LogP contribution is 2.33. The van der Waals surface area contributed by atoms with Crippen molar-refractivity contribution in [3.63, 3.8) is 0 Å². The zero-order valence-corrected chi connectivity index (χ0v) is 12.1. The molecule has 0 unspecified atom stereocenters. The quantitative estimate of drug-likeness (QED) is 0.854. The Hall–Kier alpha value is -2.16. The van der Waals surface area contributed by atoms with Gasteiger partial charge >= 0.3 is 0 Å². The lowest BCUT2D eigenvalue weighted by atomic mass is 10.0. The Morgan fingerprint density at radius 2 is 2.05 bits per heavy atom. The molecule has 0 bridgehead atoms. The number of ketones is 1. The third-order valence-electron chi connectivity index (χ3n) is 3.37. The lowest BCUT2D eigenvalue weighted by Crippen LogP contribution is -2.24. The van der Waals surface area contributed by atoms with Crippen molar-refractivity contribution in [3.05, 3.63) is 52.6 Å². The van der Waals surface area contributed by atoms with Gasteiger partial charge in [-0.2, -0.15) is 0 Å². The van der Waals surface area contributed by atoms with E-state index in [0.717, 1.165) is 23.1 Å². The Kier molecular flexibility index (Phi) is 4.18. The number of amides is 1. The first kappa shape index (κ1) is 14.3. The van der Waals surface area contributed by atoms with Gasteiger partial charge in [0.15, 0.2) is 5.78 Å². The molecule has 3 nitrogen and oxygen atoms in total. The van der Waals surface area contributed by atoms with E-state index in [9.17, 15) is 9.59 Å². The lowest BCUT2D eigenvalue weighted by Gasteiger charge is -2.07. The average Bonchev–Trinajstić information content (AvgIpc) is 2.69. The molecule has 0 aliphatic heterocycles. The van der Waals surface area contributed by atoms with E-state index in [4.69, 9.17) is 0 Å². The van der Waals surface area contributed by atoms with Gasteiger partial charge in [0.1, 0.15) is 0 Å². The molecule has 3 heteroatoms. The van der Waals surface area contributed by atoms with Crippen molar-refractivity contribution in [2.75, 3.05) is 6.54 Å². The first-order valence-corrected chi connectivity index (χ1v) is 6.74. The van der Waals surface area contributed by atoms with Crippen molar-refractivity contribution < 1.29 is 9.59 Å². The monoisotopic (exact) mass is 269 g/mol.